The van der Waals surface area contributed by atoms with Gasteiger partial charge < -0.3 is 9.92 Å². The minimum atomic E-state index is -4.04. The molecule has 1 amide bonds. The standard InChI is InChI=1S/C17H14N2O4S/c1-12-6-8-15(9-7-12)24(21,22)23-16-5-3-2-4-13(16)10-14(11-18)17(19)20/h2-10H,1H3,(H2,19,20)/b14-10+. The van der Waals surface area contributed by atoms with E-state index in [2.05, 4.69) is 0 Å². The molecule has 6 nitrogen and oxygen atoms in total. The summed E-state index contributed by atoms with van der Waals surface area (Å²) in [6.07, 6.45) is 1.18. The molecule has 0 radical (unpaired) electrons. The molecule has 0 unspecified atom stereocenters. The number of carbonyl (C=O) groups is 1. The van der Waals surface area contributed by atoms with E-state index in [-0.39, 0.29) is 21.8 Å². The van der Waals surface area contributed by atoms with E-state index in [0.717, 1.165) is 5.56 Å². The summed E-state index contributed by atoms with van der Waals surface area (Å²) in [6.45, 7) is 1.84. The molecule has 7 heteroatoms. The van der Waals surface area contributed by atoms with Gasteiger partial charge in [-0.3, -0.25) is 4.79 Å². The van der Waals surface area contributed by atoms with E-state index in [4.69, 9.17) is 15.2 Å². The van der Waals surface area contributed by atoms with Gasteiger partial charge in [0.15, 0.2) is 0 Å². The number of aryl methyl sites for hydroxylation is 1. The van der Waals surface area contributed by atoms with Gasteiger partial charge in [-0.25, -0.2) is 0 Å². The molecule has 2 N–H and O–H groups in total. The third kappa shape index (κ3) is 4.00. The van der Waals surface area contributed by atoms with Gasteiger partial charge in [-0.2, -0.15) is 13.7 Å². The van der Waals surface area contributed by atoms with E-state index in [1.54, 1.807) is 30.3 Å². The first-order valence-corrected chi connectivity index (χ1v) is 8.26. The van der Waals surface area contributed by atoms with E-state index in [0.29, 0.717) is 0 Å². The number of hydrogen-bond donors (Lipinski definition) is 1. The van der Waals surface area contributed by atoms with Crippen molar-refractivity contribution in [1.29, 1.82) is 5.26 Å². The molecular weight excluding hydrogens is 328 g/mol. The van der Waals surface area contributed by atoms with Crippen LogP contribution in [0.25, 0.3) is 6.08 Å². The van der Waals surface area contributed by atoms with Crippen LogP contribution in [0.2, 0.25) is 0 Å². The lowest BCUT2D eigenvalue weighted by molar-refractivity contribution is -0.114. The van der Waals surface area contributed by atoms with Crippen LogP contribution in [0.1, 0.15) is 11.1 Å². The van der Waals surface area contributed by atoms with Gasteiger partial charge in [0, 0.05) is 5.56 Å². The number of nitrogens with two attached hydrogens (primary N) is 1. The highest BCUT2D eigenvalue weighted by Crippen LogP contribution is 2.25. The van der Waals surface area contributed by atoms with Crippen LogP contribution < -0.4 is 9.92 Å². The third-order valence-electron chi connectivity index (χ3n) is 3.11. The maximum Gasteiger partial charge on any atom is 0.339 e. The number of primary amides is 1. The minimum Gasteiger partial charge on any atom is -0.378 e. The van der Waals surface area contributed by atoms with Gasteiger partial charge >= 0.3 is 10.1 Å². The lowest BCUT2D eigenvalue weighted by Gasteiger charge is -2.10. The van der Waals surface area contributed by atoms with Crippen molar-refractivity contribution in [2.24, 2.45) is 5.73 Å². The predicted octanol–water partition coefficient (Wildman–Crippen LogP) is 2.16. The molecule has 2 rings (SSSR count). The lowest BCUT2D eigenvalue weighted by Crippen LogP contribution is -2.13. The molecule has 0 saturated carbocycles. The number of nitrogens with zero attached hydrogens (tertiary/aromatic N) is 1. The van der Waals surface area contributed by atoms with E-state index in [1.165, 1.54) is 30.3 Å². The van der Waals surface area contributed by atoms with Crippen LogP contribution in [0.4, 0.5) is 0 Å². The molecule has 0 aliphatic heterocycles. The molecular formula is C17H14N2O4S. The highest BCUT2D eigenvalue weighted by Gasteiger charge is 2.18. The van der Waals surface area contributed by atoms with Crippen molar-refractivity contribution in [3.05, 3.63) is 65.2 Å². The summed E-state index contributed by atoms with van der Waals surface area (Å²) in [7, 11) is -4.04. The smallest absolute Gasteiger partial charge is 0.339 e. The number of rotatable bonds is 5. The van der Waals surface area contributed by atoms with Crippen LogP contribution in [0.3, 0.4) is 0 Å². The molecule has 0 atom stereocenters. The number of para-hydroxylation sites is 1. The summed E-state index contributed by atoms with van der Waals surface area (Å²) in [4.78, 5) is 11.2. The van der Waals surface area contributed by atoms with Gasteiger partial charge in [-0.15, -0.1) is 0 Å². The molecule has 2 aromatic carbocycles. The van der Waals surface area contributed by atoms with Crippen molar-refractivity contribution in [2.75, 3.05) is 0 Å². The van der Waals surface area contributed by atoms with Crippen LogP contribution in [-0.2, 0) is 14.9 Å². The Balaban J connectivity index is 2.42. The van der Waals surface area contributed by atoms with Gasteiger partial charge in [-0.1, -0.05) is 35.9 Å². The molecule has 0 heterocycles. The van der Waals surface area contributed by atoms with Crippen LogP contribution in [0, 0.1) is 18.3 Å². The lowest BCUT2D eigenvalue weighted by atomic mass is 10.1. The maximum atomic E-state index is 12.4. The highest BCUT2D eigenvalue weighted by atomic mass is 32.2. The molecule has 0 spiro atoms. The molecule has 0 fully saturated rings. The van der Waals surface area contributed by atoms with E-state index < -0.39 is 16.0 Å². The molecule has 2 aromatic rings. The number of benzene rings is 2. The summed E-state index contributed by atoms with van der Waals surface area (Å²) in [6, 6.07) is 14.0. The van der Waals surface area contributed by atoms with Crippen molar-refractivity contribution in [1.82, 2.24) is 0 Å². The Labute approximate surface area is 139 Å². The van der Waals surface area contributed by atoms with Crippen molar-refractivity contribution in [3.8, 4) is 11.8 Å². The van der Waals surface area contributed by atoms with Gasteiger partial charge in [0.2, 0.25) is 0 Å². The Morgan fingerprint density at radius 3 is 2.38 bits per heavy atom. The van der Waals surface area contributed by atoms with Gasteiger partial charge in [-0.05, 0) is 31.2 Å². The van der Waals surface area contributed by atoms with Crippen LogP contribution in [0.5, 0.6) is 5.75 Å². The van der Waals surface area contributed by atoms with Crippen molar-refractivity contribution in [2.45, 2.75) is 11.8 Å². The zero-order chi connectivity index (χ0) is 17.7. The van der Waals surface area contributed by atoms with Crippen LogP contribution >= 0.6 is 0 Å². The first kappa shape index (κ1) is 17.2. The largest absolute Gasteiger partial charge is 0.378 e. The molecule has 122 valence electrons. The summed E-state index contributed by atoms with van der Waals surface area (Å²) in [5.41, 5.74) is 5.95. The molecule has 24 heavy (non-hydrogen) atoms. The van der Waals surface area contributed by atoms with Crippen LogP contribution in [0.15, 0.2) is 59.0 Å². The highest BCUT2D eigenvalue weighted by molar-refractivity contribution is 7.87. The number of amides is 1. The average Bonchev–Trinajstić information content (AvgIpc) is 2.53. The molecule has 0 aliphatic rings. The van der Waals surface area contributed by atoms with E-state index in [1.807, 2.05) is 6.92 Å². The predicted molar refractivity (Wildman–Crippen MR) is 88.2 cm³/mol. The van der Waals surface area contributed by atoms with Crippen molar-refractivity contribution in [3.63, 3.8) is 0 Å². The van der Waals surface area contributed by atoms with Gasteiger partial charge in [0.1, 0.15) is 22.3 Å². The second-order valence-corrected chi connectivity index (χ2v) is 6.47. The molecule has 0 bridgehead atoms. The van der Waals surface area contributed by atoms with Crippen molar-refractivity contribution < 1.29 is 17.4 Å². The quantitative estimate of drug-likeness (QED) is 0.508. The number of nitriles is 1. The van der Waals surface area contributed by atoms with E-state index >= 15 is 0 Å². The normalized spacial score (nSPS) is 11.6. The Kier molecular flexibility index (Phi) is 5.02. The SMILES string of the molecule is Cc1ccc(S(=O)(=O)Oc2ccccc2/C=C(\C#N)C(N)=O)cc1. The Hall–Kier alpha value is -3.11. The Morgan fingerprint density at radius 2 is 1.79 bits per heavy atom. The van der Waals surface area contributed by atoms with Crippen molar-refractivity contribution >= 4 is 22.1 Å². The number of hydrogen-bond acceptors (Lipinski definition) is 5. The molecule has 0 aromatic heterocycles. The summed E-state index contributed by atoms with van der Waals surface area (Å²) in [5, 5.41) is 8.91. The molecule has 0 aliphatic carbocycles. The van der Waals surface area contributed by atoms with Crippen LogP contribution in [-0.4, -0.2) is 14.3 Å². The zero-order valence-corrected chi connectivity index (χ0v) is 13.6. The number of carbonyl (C=O) groups excluding carboxylic acids is 1. The zero-order valence-electron chi connectivity index (χ0n) is 12.8. The summed E-state index contributed by atoms with van der Waals surface area (Å²) in [5.74, 6) is -0.916. The van der Waals surface area contributed by atoms with Gasteiger partial charge in [0.25, 0.3) is 5.91 Å². The summed E-state index contributed by atoms with van der Waals surface area (Å²) >= 11 is 0. The maximum absolute atomic E-state index is 12.4. The first-order valence-electron chi connectivity index (χ1n) is 6.85. The Bertz CT molecular complexity index is 939. The van der Waals surface area contributed by atoms with E-state index in [9.17, 15) is 13.2 Å². The fourth-order valence-corrected chi connectivity index (χ4v) is 2.81. The monoisotopic (exact) mass is 342 g/mol. The molecule has 0 saturated heterocycles. The third-order valence-corrected chi connectivity index (χ3v) is 4.36. The fourth-order valence-electron chi connectivity index (χ4n) is 1.86. The average molecular weight is 342 g/mol. The second-order valence-electron chi connectivity index (χ2n) is 4.92. The minimum absolute atomic E-state index is 0.00212. The summed E-state index contributed by atoms with van der Waals surface area (Å²) < 4.78 is 29.9. The van der Waals surface area contributed by atoms with Gasteiger partial charge in [0.05, 0.1) is 0 Å². The topological polar surface area (TPSA) is 110 Å². The first-order chi connectivity index (χ1) is 11.3. The Morgan fingerprint density at radius 1 is 1.17 bits per heavy atom. The second kappa shape index (κ2) is 6.98. The fraction of sp³-hybridized carbons (Fsp3) is 0.0588.